The van der Waals surface area contributed by atoms with Gasteiger partial charge in [-0.3, -0.25) is 0 Å². The van der Waals surface area contributed by atoms with Gasteiger partial charge >= 0.3 is 0 Å². The first-order chi connectivity index (χ1) is 23.3. The smallest absolute Gasteiger partial charge is 0.126 e. The van der Waals surface area contributed by atoms with Crippen LogP contribution in [0, 0.1) is 0 Å². The van der Waals surface area contributed by atoms with Gasteiger partial charge < -0.3 is 20.1 Å². The van der Waals surface area contributed by atoms with Gasteiger partial charge in [0.1, 0.15) is 17.6 Å². The quantitative estimate of drug-likeness (QED) is 0.101. The number of ether oxygens (including phenoxy) is 1. The highest BCUT2D eigenvalue weighted by molar-refractivity contribution is 5.49. The minimum absolute atomic E-state index is 0.120. The lowest BCUT2D eigenvalue weighted by Gasteiger charge is -2.25. The minimum Gasteiger partial charge on any atom is -0.507 e. The first kappa shape index (κ1) is 34.9. The van der Waals surface area contributed by atoms with Crippen molar-refractivity contribution >= 4 is 0 Å². The van der Waals surface area contributed by atoms with Crippen molar-refractivity contribution in [1.29, 1.82) is 0 Å². The molecule has 0 aliphatic rings. The predicted octanol–water partition coefficient (Wildman–Crippen LogP) is 8.80. The van der Waals surface area contributed by atoms with Crippen molar-refractivity contribution in [2.24, 2.45) is 0 Å². The van der Waals surface area contributed by atoms with Crippen LogP contribution in [0.5, 0.6) is 11.5 Å². The zero-order chi connectivity index (χ0) is 33.9. The third-order valence-electron chi connectivity index (χ3n) is 8.75. The Morgan fingerprint density at radius 1 is 0.521 bits per heavy atom. The Morgan fingerprint density at radius 2 is 0.979 bits per heavy atom. The summed E-state index contributed by atoms with van der Waals surface area (Å²) in [4.78, 5) is 0. The van der Waals surface area contributed by atoms with Gasteiger partial charge in [-0.25, -0.2) is 0 Å². The molecule has 3 atom stereocenters. The normalized spacial score (nSPS) is 13.2. The molecule has 250 valence electrons. The summed E-state index contributed by atoms with van der Waals surface area (Å²) < 4.78 is 7.09. The molecule has 3 unspecified atom stereocenters. The molecule has 4 heteroatoms. The van der Waals surface area contributed by atoms with E-state index in [9.17, 15) is 15.3 Å². The molecule has 4 nitrogen and oxygen atoms in total. The summed E-state index contributed by atoms with van der Waals surface area (Å²) in [5.74, 6) is 1.12. The van der Waals surface area contributed by atoms with Crippen LogP contribution in [0.1, 0.15) is 83.7 Å². The minimum atomic E-state index is -0.573. The molecule has 0 spiro atoms. The molecule has 0 fully saturated rings. The molecule has 0 radical (unpaired) electrons. The fourth-order valence-corrected chi connectivity index (χ4v) is 6.66. The van der Waals surface area contributed by atoms with Crippen molar-refractivity contribution in [3.8, 4) is 11.5 Å². The molecule has 5 aromatic rings. The molecule has 0 saturated carbocycles. The second-order valence-electron chi connectivity index (χ2n) is 13.3. The fourth-order valence-electron chi connectivity index (χ4n) is 6.66. The largest absolute Gasteiger partial charge is 0.507 e. The lowest BCUT2D eigenvalue weighted by atomic mass is 9.92. The highest BCUT2D eigenvalue weighted by Crippen LogP contribution is 2.34. The molecule has 0 bridgehead atoms. The summed E-state index contributed by atoms with van der Waals surface area (Å²) in [6.45, 7) is 5.77. The van der Waals surface area contributed by atoms with Crippen LogP contribution in [0.2, 0.25) is 0 Å². The van der Waals surface area contributed by atoms with E-state index in [1.165, 1.54) is 16.7 Å². The molecule has 0 saturated heterocycles. The summed E-state index contributed by atoms with van der Waals surface area (Å²) in [6, 6.07) is 39.8. The number of benzene rings is 5. The standard InChI is InChI=1S/C44H50O4/c1-4-14-42(30-37-26-38(21-31(2)45)43(47)39(27-37)24-34-17-10-6-11-18-34)48-44-40(22-32(3)46)28-36(23-33-15-8-5-9-16-33)29-41(44)25-35-19-12-7-13-20-35/h5-13,15-20,26-29,31-32,42,45-47H,4,14,21-25,30H2,1-3H3. The average Bonchev–Trinajstić information content (AvgIpc) is 3.06. The molecule has 0 aliphatic carbocycles. The van der Waals surface area contributed by atoms with Gasteiger partial charge in [0.2, 0.25) is 0 Å². The van der Waals surface area contributed by atoms with Gasteiger partial charge in [0.25, 0.3) is 0 Å². The van der Waals surface area contributed by atoms with E-state index < -0.39 is 12.2 Å². The lowest BCUT2D eigenvalue weighted by molar-refractivity contribution is 0.175. The monoisotopic (exact) mass is 642 g/mol. The average molecular weight is 643 g/mol. The first-order valence-electron chi connectivity index (χ1n) is 17.4. The maximum Gasteiger partial charge on any atom is 0.126 e. The van der Waals surface area contributed by atoms with E-state index in [-0.39, 0.29) is 11.9 Å². The molecule has 3 N–H and O–H groups in total. The van der Waals surface area contributed by atoms with Crippen LogP contribution in [0.3, 0.4) is 0 Å². The summed E-state index contributed by atoms with van der Waals surface area (Å²) in [5, 5.41) is 32.2. The number of hydrogen-bond acceptors (Lipinski definition) is 4. The van der Waals surface area contributed by atoms with Crippen molar-refractivity contribution in [2.45, 2.75) is 90.4 Å². The van der Waals surface area contributed by atoms with Crippen LogP contribution < -0.4 is 4.74 Å². The molecule has 0 aromatic heterocycles. The third kappa shape index (κ3) is 10.1. The third-order valence-corrected chi connectivity index (χ3v) is 8.75. The summed E-state index contributed by atoms with van der Waals surface area (Å²) in [5.41, 5.74) is 9.62. The van der Waals surface area contributed by atoms with Crippen LogP contribution in [0.4, 0.5) is 0 Å². The second-order valence-corrected chi connectivity index (χ2v) is 13.3. The Bertz CT molecular complexity index is 1710. The maximum atomic E-state index is 11.3. The van der Waals surface area contributed by atoms with Crippen molar-refractivity contribution in [3.63, 3.8) is 0 Å². The topological polar surface area (TPSA) is 69.9 Å². The zero-order valence-corrected chi connectivity index (χ0v) is 28.6. The van der Waals surface area contributed by atoms with Gasteiger partial charge in [0.15, 0.2) is 0 Å². The van der Waals surface area contributed by atoms with Crippen molar-refractivity contribution in [2.75, 3.05) is 0 Å². The highest BCUT2D eigenvalue weighted by atomic mass is 16.5. The zero-order valence-electron chi connectivity index (χ0n) is 28.6. The number of aliphatic hydroxyl groups is 2. The van der Waals surface area contributed by atoms with E-state index in [4.69, 9.17) is 4.74 Å². The summed E-state index contributed by atoms with van der Waals surface area (Å²) >= 11 is 0. The first-order valence-corrected chi connectivity index (χ1v) is 17.4. The van der Waals surface area contributed by atoms with Crippen molar-refractivity contribution in [1.82, 2.24) is 0 Å². The number of rotatable bonds is 16. The summed E-state index contributed by atoms with van der Waals surface area (Å²) in [7, 11) is 0. The maximum absolute atomic E-state index is 11.3. The number of phenols is 1. The number of hydrogen-bond donors (Lipinski definition) is 3. The van der Waals surface area contributed by atoms with Gasteiger partial charge in [-0.2, -0.15) is 0 Å². The molecule has 5 aromatic carbocycles. The SMILES string of the molecule is CCCC(Cc1cc(Cc2ccccc2)c(O)c(CC(C)O)c1)Oc1c(Cc2ccccc2)cc(Cc2ccccc2)cc1CC(C)O. The van der Waals surface area contributed by atoms with E-state index in [1.54, 1.807) is 6.92 Å². The van der Waals surface area contributed by atoms with Gasteiger partial charge in [-0.1, -0.05) is 129 Å². The van der Waals surface area contributed by atoms with Crippen LogP contribution in [-0.4, -0.2) is 33.6 Å². The Morgan fingerprint density at radius 3 is 1.52 bits per heavy atom. The molecule has 0 aliphatic heterocycles. The van der Waals surface area contributed by atoms with E-state index in [1.807, 2.05) is 43.3 Å². The van der Waals surface area contributed by atoms with Gasteiger partial charge in [0.05, 0.1) is 12.2 Å². The van der Waals surface area contributed by atoms with Crippen molar-refractivity contribution in [3.05, 3.63) is 165 Å². The van der Waals surface area contributed by atoms with Gasteiger partial charge in [-0.15, -0.1) is 0 Å². The van der Waals surface area contributed by atoms with Crippen molar-refractivity contribution < 1.29 is 20.1 Å². The van der Waals surface area contributed by atoms with E-state index >= 15 is 0 Å². The van der Waals surface area contributed by atoms with E-state index in [0.717, 1.165) is 64.8 Å². The van der Waals surface area contributed by atoms with Crippen LogP contribution in [0.15, 0.2) is 115 Å². The second kappa shape index (κ2) is 17.1. The molecular weight excluding hydrogens is 592 g/mol. The Labute approximate surface area is 286 Å². The van der Waals surface area contributed by atoms with E-state index in [2.05, 4.69) is 85.8 Å². The number of aliphatic hydroxyl groups excluding tert-OH is 2. The molecular formula is C44H50O4. The van der Waals surface area contributed by atoms with Gasteiger partial charge in [0, 0.05) is 32.1 Å². The molecule has 48 heavy (non-hydrogen) atoms. The Kier molecular flexibility index (Phi) is 12.5. The summed E-state index contributed by atoms with van der Waals surface area (Å²) in [6.07, 6.45) is 4.26. The molecule has 0 heterocycles. The predicted molar refractivity (Wildman–Crippen MR) is 196 cm³/mol. The Hall–Kier alpha value is -4.38. The fraction of sp³-hybridized carbons (Fsp3) is 0.318. The lowest BCUT2D eigenvalue weighted by Crippen LogP contribution is -2.22. The Balaban J connectivity index is 1.53. The van der Waals surface area contributed by atoms with Crippen LogP contribution in [0.25, 0.3) is 0 Å². The van der Waals surface area contributed by atoms with E-state index in [0.29, 0.717) is 25.7 Å². The molecule has 5 rings (SSSR count). The molecule has 0 amide bonds. The van der Waals surface area contributed by atoms with Crippen LogP contribution >= 0.6 is 0 Å². The van der Waals surface area contributed by atoms with Crippen LogP contribution in [-0.2, 0) is 38.5 Å². The van der Waals surface area contributed by atoms with Gasteiger partial charge in [-0.05, 0) is 76.8 Å². The number of phenolic OH excluding ortho intramolecular Hbond substituents is 1. The number of aromatic hydroxyl groups is 1. The highest BCUT2D eigenvalue weighted by Gasteiger charge is 2.21.